The van der Waals surface area contributed by atoms with E-state index in [0.29, 0.717) is 17.4 Å². The van der Waals surface area contributed by atoms with Gasteiger partial charge < -0.3 is 28.5 Å². The van der Waals surface area contributed by atoms with Crippen LogP contribution in [0.1, 0.15) is 309 Å². The number of ether oxygens (including phenoxy) is 4. The van der Waals surface area contributed by atoms with Crippen molar-refractivity contribution in [3.8, 4) is 0 Å². The van der Waals surface area contributed by atoms with Crippen LogP contribution in [0.25, 0.3) is 0 Å². The Bertz CT molecular complexity index is 1720. The molecule has 0 fully saturated rings. The van der Waals surface area contributed by atoms with Gasteiger partial charge in [0.15, 0.2) is 6.10 Å². The fraction of sp³-hybridized carbons (Fsp3) is 0.750. The van der Waals surface area contributed by atoms with E-state index in [9.17, 15) is 19.5 Å². The highest BCUT2D eigenvalue weighted by Crippen LogP contribution is 2.18. The molecule has 0 bridgehead atoms. The summed E-state index contributed by atoms with van der Waals surface area (Å²) in [7, 11) is 5.98. The minimum absolute atomic E-state index is 0.183. The van der Waals surface area contributed by atoms with Crippen LogP contribution in [-0.4, -0.2) is 87.4 Å². The van der Waals surface area contributed by atoms with Crippen molar-refractivity contribution in [3.05, 3.63) is 97.2 Å². The van der Waals surface area contributed by atoms with Gasteiger partial charge in [-0.05, 0) is 89.9 Å². The van der Waals surface area contributed by atoms with Crippen LogP contribution in [0.2, 0.25) is 0 Å². The van der Waals surface area contributed by atoms with Crippen LogP contribution in [0.4, 0.5) is 0 Å². The quantitative estimate of drug-likeness (QED) is 0.0211. The number of carbonyl (C=O) groups is 3. The Labute approximate surface area is 524 Å². The molecule has 1 N–H and O–H groups in total. The van der Waals surface area contributed by atoms with E-state index in [-0.39, 0.29) is 32.2 Å². The van der Waals surface area contributed by atoms with Gasteiger partial charge in [-0.15, -0.1) is 0 Å². The number of aliphatic carboxylic acids is 1. The van der Waals surface area contributed by atoms with Gasteiger partial charge in [-0.3, -0.25) is 9.59 Å². The molecule has 0 radical (unpaired) electrons. The van der Waals surface area contributed by atoms with Crippen molar-refractivity contribution >= 4 is 17.9 Å². The van der Waals surface area contributed by atoms with Gasteiger partial charge in [0, 0.05) is 12.8 Å². The minimum atomic E-state index is -1.51. The second-order valence-electron chi connectivity index (χ2n) is 24.8. The van der Waals surface area contributed by atoms with E-state index < -0.39 is 24.3 Å². The number of esters is 2. The Morgan fingerprint density at radius 2 is 0.635 bits per heavy atom. The number of unbranched alkanes of at least 4 members (excludes halogenated alkanes) is 34. The number of carboxylic acids is 1. The number of likely N-dealkylation sites (N-methyl/N-ethyl adjacent to an activating group) is 1. The molecular formula is C76H134NO8+. The SMILES string of the molecule is CC/C=C\C/C=C\C/C=C\C/C=C\CCCCCCCCCCCCCCCCCCCCCCCCC(=O)OC(COC(=O)CCCCCCCCCCCCCC/C=C\C/C=C\C/C=C\C/C=C\CC)COC(OCC[N+](C)(C)C)C(=O)O. The third kappa shape index (κ3) is 67.6. The van der Waals surface area contributed by atoms with Gasteiger partial charge in [0.1, 0.15) is 13.2 Å². The highest BCUT2D eigenvalue weighted by molar-refractivity contribution is 5.71. The Kier molecular flexibility index (Phi) is 63.2. The van der Waals surface area contributed by atoms with Crippen molar-refractivity contribution in [2.75, 3.05) is 47.5 Å². The summed E-state index contributed by atoms with van der Waals surface area (Å²) in [5.41, 5.74) is 0. The van der Waals surface area contributed by atoms with E-state index in [1.54, 1.807) is 0 Å². The lowest BCUT2D eigenvalue weighted by Gasteiger charge is -2.25. The highest BCUT2D eigenvalue weighted by Gasteiger charge is 2.25. The Hall–Kier alpha value is -3.79. The van der Waals surface area contributed by atoms with Gasteiger partial charge in [-0.25, -0.2) is 4.79 Å². The molecule has 0 aromatic heterocycles. The van der Waals surface area contributed by atoms with Crippen molar-refractivity contribution in [2.24, 2.45) is 0 Å². The molecule has 0 rings (SSSR count). The molecule has 0 saturated heterocycles. The summed E-state index contributed by atoms with van der Waals surface area (Å²) < 4.78 is 23.0. The maximum Gasteiger partial charge on any atom is 0.361 e. The van der Waals surface area contributed by atoms with Gasteiger partial charge in [0.05, 0.1) is 34.4 Å². The molecule has 9 nitrogen and oxygen atoms in total. The molecule has 0 saturated carbocycles. The number of carbonyl (C=O) groups excluding carboxylic acids is 2. The van der Waals surface area contributed by atoms with Gasteiger partial charge >= 0.3 is 17.9 Å². The molecule has 0 aromatic carbocycles. The van der Waals surface area contributed by atoms with Crippen LogP contribution in [-0.2, 0) is 33.3 Å². The number of hydrogen-bond donors (Lipinski definition) is 1. The largest absolute Gasteiger partial charge is 0.477 e. The summed E-state index contributed by atoms with van der Waals surface area (Å²) in [4.78, 5) is 37.6. The lowest BCUT2D eigenvalue weighted by molar-refractivity contribution is -0.870. The van der Waals surface area contributed by atoms with Crippen LogP contribution in [0.3, 0.4) is 0 Å². The van der Waals surface area contributed by atoms with Gasteiger partial charge in [-0.1, -0.05) is 304 Å². The Balaban J connectivity index is 4.06. The zero-order valence-corrected chi connectivity index (χ0v) is 56.0. The van der Waals surface area contributed by atoms with Gasteiger partial charge in [0.2, 0.25) is 0 Å². The lowest BCUT2D eigenvalue weighted by atomic mass is 10.0. The van der Waals surface area contributed by atoms with E-state index >= 15 is 0 Å². The van der Waals surface area contributed by atoms with Crippen LogP contribution in [0.15, 0.2) is 97.2 Å². The zero-order valence-electron chi connectivity index (χ0n) is 56.0. The monoisotopic (exact) mass is 1190 g/mol. The number of allylic oxidation sites excluding steroid dienone is 16. The summed E-state index contributed by atoms with van der Waals surface area (Å²) in [6.45, 7) is 4.68. The van der Waals surface area contributed by atoms with E-state index in [2.05, 4.69) is 111 Å². The summed E-state index contributed by atoms with van der Waals surface area (Å²) in [5.74, 6) is -1.99. The molecule has 490 valence electrons. The Morgan fingerprint density at radius 3 is 0.941 bits per heavy atom. The van der Waals surface area contributed by atoms with E-state index in [0.717, 1.165) is 89.9 Å². The van der Waals surface area contributed by atoms with Crippen molar-refractivity contribution in [3.63, 3.8) is 0 Å². The van der Waals surface area contributed by atoms with E-state index in [1.165, 1.54) is 193 Å². The second kappa shape index (κ2) is 66.2. The fourth-order valence-electron chi connectivity index (χ4n) is 10.00. The molecule has 85 heavy (non-hydrogen) atoms. The summed E-state index contributed by atoms with van der Waals surface area (Å²) in [5, 5.41) is 9.75. The van der Waals surface area contributed by atoms with E-state index in [1.807, 2.05) is 21.1 Å². The molecule has 0 amide bonds. The first kappa shape index (κ1) is 81.2. The third-order valence-corrected chi connectivity index (χ3v) is 15.3. The van der Waals surface area contributed by atoms with Crippen molar-refractivity contribution in [1.29, 1.82) is 0 Å². The smallest absolute Gasteiger partial charge is 0.361 e. The average molecular weight is 1190 g/mol. The summed E-state index contributed by atoms with van der Waals surface area (Å²) in [6, 6.07) is 0. The molecule has 0 spiro atoms. The minimum Gasteiger partial charge on any atom is -0.477 e. The predicted molar refractivity (Wildman–Crippen MR) is 364 cm³/mol. The maximum absolute atomic E-state index is 13.0. The molecular weight excluding hydrogens is 1050 g/mol. The van der Waals surface area contributed by atoms with Crippen LogP contribution < -0.4 is 0 Å². The second-order valence-corrected chi connectivity index (χ2v) is 24.8. The van der Waals surface area contributed by atoms with Crippen molar-refractivity contribution < 1.29 is 42.9 Å². The summed E-state index contributed by atoms with van der Waals surface area (Å²) >= 11 is 0. The molecule has 9 heteroatoms. The first-order valence-corrected chi connectivity index (χ1v) is 35.4. The predicted octanol–water partition coefficient (Wildman–Crippen LogP) is 22.0. The molecule has 0 aliphatic heterocycles. The lowest BCUT2D eigenvalue weighted by Crippen LogP contribution is -2.40. The topological polar surface area (TPSA) is 108 Å². The number of rotatable bonds is 65. The summed E-state index contributed by atoms with van der Waals surface area (Å²) in [6.07, 6.45) is 88.1. The van der Waals surface area contributed by atoms with Gasteiger partial charge in [-0.2, -0.15) is 0 Å². The van der Waals surface area contributed by atoms with Crippen LogP contribution >= 0.6 is 0 Å². The zero-order chi connectivity index (χ0) is 61.9. The first-order valence-electron chi connectivity index (χ1n) is 35.4. The van der Waals surface area contributed by atoms with Crippen molar-refractivity contribution in [1.82, 2.24) is 0 Å². The standard InChI is InChI=1S/C76H133NO8/c1-6-8-10-12-14-16-18-20-22-24-26-28-30-32-33-34-35-36-37-38-39-40-41-43-45-47-49-51-53-55-57-59-61-63-65-67-74(79)85-72(71-84-76(75(80)81)82-69-68-77(3,4)5)70-83-73(78)66-64-62-60-58-56-54-52-50-48-46-44-42-31-29-27-25-23-21-19-17-15-13-11-9-7-2/h8-11,14-17,20-23,26-29,72,76H,6-7,12-13,18-19,24-25,30-71H2,1-5H3/p+1/b10-8-,11-9-,16-14-,17-15-,22-20-,23-21-,28-26-,29-27-. The molecule has 0 heterocycles. The average Bonchev–Trinajstić information content (AvgIpc) is 3.48. The molecule has 0 aliphatic carbocycles. The Morgan fingerprint density at radius 1 is 0.353 bits per heavy atom. The molecule has 0 aromatic rings. The highest BCUT2D eigenvalue weighted by atomic mass is 16.7. The molecule has 2 atom stereocenters. The number of carboxylic acid groups (broad SMARTS) is 1. The number of nitrogens with zero attached hydrogens (tertiary/aromatic N) is 1. The van der Waals surface area contributed by atoms with Crippen LogP contribution in [0, 0.1) is 0 Å². The van der Waals surface area contributed by atoms with Crippen LogP contribution in [0.5, 0.6) is 0 Å². The fourth-order valence-corrected chi connectivity index (χ4v) is 10.00. The van der Waals surface area contributed by atoms with E-state index in [4.69, 9.17) is 18.9 Å². The maximum atomic E-state index is 13.0. The number of hydrogen-bond acceptors (Lipinski definition) is 7. The van der Waals surface area contributed by atoms with Crippen molar-refractivity contribution in [2.45, 2.75) is 322 Å². The number of quaternary nitrogens is 1. The normalized spacial score (nSPS) is 13.3. The van der Waals surface area contributed by atoms with Gasteiger partial charge in [0.25, 0.3) is 6.29 Å². The first-order chi connectivity index (χ1) is 41.6. The third-order valence-electron chi connectivity index (χ3n) is 15.3. The molecule has 0 aliphatic rings. The molecule has 2 unspecified atom stereocenters.